The first kappa shape index (κ1) is 13.7. The van der Waals surface area contributed by atoms with Gasteiger partial charge in [-0.2, -0.15) is 10.5 Å². The van der Waals surface area contributed by atoms with Gasteiger partial charge in [-0.05, 0) is 20.3 Å². The summed E-state index contributed by atoms with van der Waals surface area (Å²) >= 11 is 0. The molecular weight excluding hydrogens is 230 g/mol. The molecule has 1 aromatic rings. The highest BCUT2D eigenvalue weighted by atomic mass is 16.2. The lowest BCUT2D eigenvalue weighted by Gasteiger charge is -2.12. The van der Waals surface area contributed by atoms with Gasteiger partial charge in [-0.1, -0.05) is 6.92 Å². The average molecular weight is 245 g/mol. The molecule has 6 nitrogen and oxygen atoms in total. The summed E-state index contributed by atoms with van der Waals surface area (Å²) in [6, 6.07) is 3.84. The van der Waals surface area contributed by atoms with Crippen molar-refractivity contribution in [2.24, 2.45) is 0 Å². The Morgan fingerprint density at radius 2 is 2.17 bits per heavy atom. The molecule has 1 atom stereocenters. The van der Waals surface area contributed by atoms with Crippen molar-refractivity contribution in [3.8, 4) is 12.1 Å². The molecular formula is C12H15N5O. The Hall–Kier alpha value is -2.34. The smallest absolute Gasteiger partial charge is 0.240 e. The molecule has 1 aromatic heterocycles. The van der Waals surface area contributed by atoms with E-state index in [2.05, 4.69) is 10.3 Å². The number of carbonyl (C=O) groups is 1. The molecule has 0 aliphatic carbocycles. The number of carbonyl (C=O) groups excluding carboxylic acids is 1. The van der Waals surface area contributed by atoms with Crippen molar-refractivity contribution >= 4 is 5.91 Å². The van der Waals surface area contributed by atoms with Crippen LogP contribution in [0.4, 0.5) is 0 Å². The van der Waals surface area contributed by atoms with Crippen LogP contribution in [-0.2, 0) is 11.3 Å². The van der Waals surface area contributed by atoms with Crippen LogP contribution in [0.15, 0.2) is 0 Å². The predicted molar refractivity (Wildman–Crippen MR) is 64.3 cm³/mol. The molecule has 1 N–H and O–H groups in total. The third kappa shape index (κ3) is 2.86. The third-order valence-corrected chi connectivity index (χ3v) is 2.69. The summed E-state index contributed by atoms with van der Waals surface area (Å²) in [6.45, 7) is 5.55. The lowest BCUT2D eigenvalue weighted by Crippen LogP contribution is -2.35. The Labute approximate surface area is 106 Å². The Kier molecular flexibility index (Phi) is 4.45. The molecule has 1 amide bonds. The van der Waals surface area contributed by atoms with E-state index in [4.69, 9.17) is 10.5 Å². The summed E-state index contributed by atoms with van der Waals surface area (Å²) in [7, 11) is 0. The first-order valence-corrected chi connectivity index (χ1v) is 5.70. The van der Waals surface area contributed by atoms with Crippen molar-refractivity contribution in [2.75, 3.05) is 0 Å². The molecule has 1 heterocycles. The SMILES string of the molecule is CCC(C)NC(=O)Cn1c(C)nc(C#N)c1C#N. The molecule has 1 rings (SSSR count). The molecule has 18 heavy (non-hydrogen) atoms. The van der Waals surface area contributed by atoms with Crippen LogP contribution in [0.1, 0.15) is 37.5 Å². The van der Waals surface area contributed by atoms with Gasteiger partial charge in [0.05, 0.1) is 0 Å². The van der Waals surface area contributed by atoms with E-state index >= 15 is 0 Å². The minimum absolute atomic E-state index is 0.00769. The van der Waals surface area contributed by atoms with Gasteiger partial charge in [0, 0.05) is 6.04 Å². The number of hydrogen-bond acceptors (Lipinski definition) is 4. The van der Waals surface area contributed by atoms with E-state index in [-0.39, 0.29) is 29.9 Å². The molecule has 1 unspecified atom stereocenters. The highest BCUT2D eigenvalue weighted by Gasteiger charge is 2.16. The first-order valence-electron chi connectivity index (χ1n) is 5.70. The quantitative estimate of drug-likeness (QED) is 0.850. The Morgan fingerprint density at radius 1 is 1.50 bits per heavy atom. The standard InChI is InChI=1S/C12H15N5O/c1-4-8(2)15-12(18)7-17-9(3)16-10(5-13)11(17)6-14/h8H,4,7H2,1-3H3,(H,15,18). The molecule has 0 aliphatic heterocycles. The fourth-order valence-corrected chi connectivity index (χ4v) is 1.52. The number of rotatable bonds is 4. The average Bonchev–Trinajstić information content (AvgIpc) is 2.65. The fourth-order valence-electron chi connectivity index (χ4n) is 1.52. The van der Waals surface area contributed by atoms with Crippen LogP contribution < -0.4 is 5.32 Å². The summed E-state index contributed by atoms with van der Waals surface area (Å²) in [5.74, 6) is 0.299. The monoisotopic (exact) mass is 245 g/mol. The molecule has 0 saturated carbocycles. The number of aromatic nitrogens is 2. The van der Waals surface area contributed by atoms with Crippen molar-refractivity contribution < 1.29 is 4.79 Å². The topological polar surface area (TPSA) is 94.5 Å². The zero-order valence-corrected chi connectivity index (χ0v) is 10.7. The van der Waals surface area contributed by atoms with Crippen LogP contribution in [0.2, 0.25) is 0 Å². The van der Waals surface area contributed by atoms with Crippen molar-refractivity contribution in [1.82, 2.24) is 14.9 Å². The predicted octanol–water partition coefficient (Wildman–Crippen LogP) is 0.850. The maximum absolute atomic E-state index is 11.7. The lowest BCUT2D eigenvalue weighted by atomic mass is 10.2. The Balaban J connectivity index is 2.92. The number of aryl methyl sites for hydroxylation is 1. The lowest BCUT2D eigenvalue weighted by molar-refractivity contribution is -0.122. The molecule has 0 bridgehead atoms. The Bertz CT molecular complexity index is 532. The molecule has 0 aromatic carbocycles. The van der Waals surface area contributed by atoms with Crippen molar-refractivity contribution in [2.45, 2.75) is 39.8 Å². The highest BCUT2D eigenvalue weighted by Crippen LogP contribution is 2.09. The summed E-state index contributed by atoms with van der Waals surface area (Å²) in [5.41, 5.74) is 0.195. The van der Waals surface area contributed by atoms with Gasteiger partial charge in [0.1, 0.15) is 24.5 Å². The number of nitriles is 2. The van der Waals surface area contributed by atoms with Crippen LogP contribution in [0.25, 0.3) is 0 Å². The highest BCUT2D eigenvalue weighted by molar-refractivity contribution is 5.76. The second kappa shape index (κ2) is 5.83. The number of nitrogens with zero attached hydrogens (tertiary/aromatic N) is 4. The molecule has 6 heteroatoms. The molecule has 0 aliphatic rings. The van der Waals surface area contributed by atoms with E-state index in [1.165, 1.54) is 4.57 Å². The van der Waals surface area contributed by atoms with Crippen molar-refractivity contribution in [3.05, 3.63) is 17.2 Å². The van der Waals surface area contributed by atoms with Crippen LogP contribution in [0.5, 0.6) is 0 Å². The number of hydrogen-bond donors (Lipinski definition) is 1. The minimum Gasteiger partial charge on any atom is -0.352 e. The summed E-state index contributed by atoms with van der Waals surface area (Å²) in [4.78, 5) is 15.7. The van der Waals surface area contributed by atoms with Gasteiger partial charge in [-0.15, -0.1) is 0 Å². The van der Waals surface area contributed by atoms with Crippen LogP contribution in [-0.4, -0.2) is 21.5 Å². The van der Waals surface area contributed by atoms with Gasteiger partial charge >= 0.3 is 0 Å². The summed E-state index contributed by atoms with van der Waals surface area (Å²) in [6.07, 6.45) is 0.837. The molecule has 0 fully saturated rings. The maximum atomic E-state index is 11.7. The summed E-state index contributed by atoms with van der Waals surface area (Å²) < 4.78 is 1.45. The normalized spacial score (nSPS) is 11.4. The largest absolute Gasteiger partial charge is 0.352 e. The third-order valence-electron chi connectivity index (χ3n) is 2.69. The second-order valence-electron chi connectivity index (χ2n) is 4.04. The molecule has 0 saturated heterocycles. The summed E-state index contributed by atoms with van der Waals surface area (Å²) in [5, 5.41) is 20.6. The molecule has 0 radical (unpaired) electrons. The van der Waals surface area contributed by atoms with Crippen molar-refractivity contribution in [3.63, 3.8) is 0 Å². The van der Waals surface area contributed by atoms with Gasteiger partial charge in [0.2, 0.25) is 5.91 Å². The van der Waals surface area contributed by atoms with Gasteiger partial charge in [0.15, 0.2) is 11.4 Å². The van der Waals surface area contributed by atoms with Crippen LogP contribution in [0.3, 0.4) is 0 Å². The van der Waals surface area contributed by atoms with E-state index in [9.17, 15) is 4.79 Å². The maximum Gasteiger partial charge on any atom is 0.240 e. The fraction of sp³-hybridized carbons (Fsp3) is 0.500. The van der Waals surface area contributed by atoms with E-state index < -0.39 is 0 Å². The Morgan fingerprint density at radius 3 is 2.67 bits per heavy atom. The number of nitrogens with one attached hydrogen (secondary N) is 1. The minimum atomic E-state index is -0.189. The van der Waals surface area contributed by atoms with Gasteiger partial charge < -0.3 is 9.88 Å². The molecule has 0 spiro atoms. The van der Waals surface area contributed by atoms with Crippen LogP contribution in [0, 0.1) is 29.6 Å². The first-order chi connectivity index (χ1) is 8.53. The number of imidazole rings is 1. The zero-order valence-electron chi connectivity index (χ0n) is 10.7. The van der Waals surface area contributed by atoms with E-state index in [1.54, 1.807) is 6.92 Å². The second-order valence-corrected chi connectivity index (χ2v) is 4.04. The van der Waals surface area contributed by atoms with Crippen LogP contribution >= 0.6 is 0 Å². The van der Waals surface area contributed by atoms with Gasteiger partial charge in [0.25, 0.3) is 0 Å². The van der Waals surface area contributed by atoms with Gasteiger partial charge in [-0.25, -0.2) is 4.98 Å². The van der Waals surface area contributed by atoms with Crippen molar-refractivity contribution in [1.29, 1.82) is 10.5 Å². The molecule has 94 valence electrons. The van der Waals surface area contributed by atoms with E-state index in [1.807, 2.05) is 26.0 Å². The van der Waals surface area contributed by atoms with E-state index in [0.717, 1.165) is 6.42 Å². The van der Waals surface area contributed by atoms with E-state index in [0.29, 0.717) is 5.82 Å². The van der Waals surface area contributed by atoms with Gasteiger partial charge in [-0.3, -0.25) is 4.79 Å². The zero-order chi connectivity index (χ0) is 13.7. The number of amides is 1.